The van der Waals surface area contributed by atoms with Gasteiger partial charge in [-0.2, -0.15) is 0 Å². The third-order valence-corrected chi connectivity index (χ3v) is 5.31. The Morgan fingerprint density at radius 3 is 2.50 bits per heavy atom. The van der Waals surface area contributed by atoms with Crippen LogP contribution in [0.15, 0.2) is 31.7 Å². The van der Waals surface area contributed by atoms with Gasteiger partial charge >= 0.3 is 0 Å². The summed E-state index contributed by atoms with van der Waals surface area (Å²) < 4.78 is 2.27. The minimum Gasteiger partial charge on any atom is -0.505 e. The molecule has 0 aliphatic rings. The number of halogens is 3. The quantitative estimate of drug-likeness (QED) is 0.693. The molecule has 1 N–H and O–H groups in total. The second-order valence-electron chi connectivity index (χ2n) is 2.69. The normalized spacial score (nSPS) is 10.8. The van der Waals surface area contributed by atoms with Crippen molar-refractivity contribution < 1.29 is 5.11 Å². The van der Waals surface area contributed by atoms with Gasteiger partial charge < -0.3 is 5.11 Å². The first kappa shape index (κ1) is 10.4. The minimum absolute atomic E-state index is 0.149. The number of phenolic OH excluding ortho intramolecular Hbond substituents is 1. The van der Waals surface area contributed by atoms with Crippen LogP contribution in [0, 0.1) is 0 Å². The molecule has 0 saturated carbocycles. The van der Waals surface area contributed by atoms with E-state index in [1.54, 1.807) is 6.20 Å². The average molecular weight is 382 g/mol. The molecular formula is C9H4Br3NO. The summed E-state index contributed by atoms with van der Waals surface area (Å²) in [5, 5.41) is 10.7. The van der Waals surface area contributed by atoms with Crippen molar-refractivity contribution in [3.63, 3.8) is 0 Å². The second-order valence-corrected chi connectivity index (χ2v) is 5.07. The molecule has 0 aliphatic heterocycles. The lowest BCUT2D eigenvalue weighted by Crippen LogP contribution is -1.84. The van der Waals surface area contributed by atoms with Gasteiger partial charge in [0.15, 0.2) is 5.75 Å². The van der Waals surface area contributed by atoms with Gasteiger partial charge in [0.2, 0.25) is 0 Å². The topological polar surface area (TPSA) is 33.1 Å². The van der Waals surface area contributed by atoms with Crippen LogP contribution in [-0.2, 0) is 0 Å². The van der Waals surface area contributed by atoms with Crippen molar-refractivity contribution in [1.82, 2.24) is 4.98 Å². The predicted molar refractivity (Wildman–Crippen MR) is 66.5 cm³/mol. The standard InChI is InChI=1S/C9H4Br3NO/c10-5-4-2-1-3-13-8(4)9(14)7(12)6(5)11/h1-3,14H. The van der Waals surface area contributed by atoms with Gasteiger partial charge in [-0.05, 0) is 59.9 Å². The summed E-state index contributed by atoms with van der Waals surface area (Å²) in [6, 6.07) is 3.72. The smallest absolute Gasteiger partial charge is 0.157 e. The zero-order chi connectivity index (χ0) is 10.3. The van der Waals surface area contributed by atoms with Gasteiger partial charge in [0.25, 0.3) is 0 Å². The molecule has 1 aromatic heterocycles. The van der Waals surface area contributed by atoms with E-state index in [0.29, 0.717) is 9.99 Å². The van der Waals surface area contributed by atoms with Crippen LogP contribution in [0.5, 0.6) is 5.75 Å². The number of nitrogens with zero attached hydrogens (tertiary/aromatic N) is 1. The molecular weight excluding hydrogens is 378 g/mol. The van der Waals surface area contributed by atoms with Crippen LogP contribution in [-0.4, -0.2) is 10.1 Å². The van der Waals surface area contributed by atoms with Crippen LogP contribution in [0.4, 0.5) is 0 Å². The van der Waals surface area contributed by atoms with Crippen LogP contribution in [0.3, 0.4) is 0 Å². The van der Waals surface area contributed by atoms with Crippen molar-refractivity contribution in [1.29, 1.82) is 0 Å². The first-order chi connectivity index (χ1) is 6.63. The number of hydrogen-bond donors (Lipinski definition) is 1. The Morgan fingerprint density at radius 2 is 1.79 bits per heavy atom. The number of aromatic nitrogens is 1. The fourth-order valence-corrected chi connectivity index (χ4v) is 2.77. The monoisotopic (exact) mass is 379 g/mol. The van der Waals surface area contributed by atoms with Gasteiger partial charge in [-0.25, -0.2) is 0 Å². The Kier molecular flexibility index (Phi) is 2.81. The molecule has 0 saturated heterocycles. The highest BCUT2D eigenvalue weighted by Gasteiger charge is 2.14. The van der Waals surface area contributed by atoms with Crippen LogP contribution in [0.25, 0.3) is 10.9 Å². The van der Waals surface area contributed by atoms with E-state index in [1.165, 1.54) is 0 Å². The molecule has 0 aliphatic carbocycles. The van der Waals surface area contributed by atoms with E-state index in [-0.39, 0.29) is 5.75 Å². The summed E-state index contributed by atoms with van der Waals surface area (Å²) in [7, 11) is 0. The first-order valence-corrected chi connectivity index (χ1v) is 6.11. The van der Waals surface area contributed by atoms with Gasteiger partial charge in [0, 0.05) is 16.1 Å². The van der Waals surface area contributed by atoms with Gasteiger partial charge in [-0.1, -0.05) is 0 Å². The Bertz CT molecular complexity index is 466. The van der Waals surface area contributed by atoms with Crippen LogP contribution >= 0.6 is 47.8 Å². The lowest BCUT2D eigenvalue weighted by molar-refractivity contribution is 0.476. The second kappa shape index (κ2) is 3.79. The van der Waals surface area contributed by atoms with Crippen LogP contribution in [0.1, 0.15) is 0 Å². The molecule has 0 fully saturated rings. The van der Waals surface area contributed by atoms with Crippen molar-refractivity contribution in [3.05, 3.63) is 31.7 Å². The van der Waals surface area contributed by atoms with E-state index < -0.39 is 0 Å². The maximum absolute atomic E-state index is 9.80. The largest absolute Gasteiger partial charge is 0.505 e. The summed E-state index contributed by atoms with van der Waals surface area (Å²) in [6.07, 6.45) is 1.65. The van der Waals surface area contributed by atoms with Crippen molar-refractivity contribution in [2.45, 2.75) is 0 Å². The molecule has 72 valence electrons. The van der Waals surface area contributed by atoms with E-state index in [0.717, 1.165) is 14.3 Å². The van der Waals surface area contributed by atoms with Crippen molar-refractivity contribution in [3.8, 4) is 5.75 Å². The molecule has 0 amide bonds. The van der Waals surface area contributed by atoms with Gasteiger partial charge in [0.1, 0.15) is 5.52 Å². The molecule has 0 spiro atoms. The van der Waals surface area contributed by atoms with Gasteiger partial charge in [-0.3, -0.25) is 4.98 Å². The van der Waals surface area contributed by atoms with Crippen LogP contribution in [0.2, 0.25) is 0 Å². The number of pyridine rings is 1. The minimum atomic E-state index is 0.149. The fourth-order valence-electron chi connectivity index (χ4n) is 1.19. The number of rotatable bonds is 0. The summed E-state index contributed by atoms with van der Waals surface area (Å²) in [5.41, 5.74) is 0.578. The van der Waals surface area contributed by atoms with Crippen molar-refractivity contribution >= 4 is 58.7 Å². The molecule has 0 radical (unpaired) electrons. The molecule has 0 atom stereocenters. The Balaban J connectivity index is 3.02. The Morgan fingerprint density at radius 1 is 1.07 bits per heavy atom. The lowest BCUT2D eigenvalue weighted by Gasteiger charge is -2.07. The Hall–Kier alpha value is -0.130. The number of hydrogen-bond acceptors (Lipinski definition) is 2. The predicted octanol–water partition coefficient (Wildman–Crippen LogP) is 4.23. The third kappa shape index (κ3) is 1.47. The van der Waals surface area contributed by atoms with Crippen LogP contribution < -0.4 is 0 Å². The summed E-state index contributed by atoms with van der Waals surface area (Å²) in [6.45, 7) is 0. The average Bonchev–Trinajstić information content (AvgIpc) is 2.23. The van der Waals surface area contributed by atoms with Gasteiger partial charge in [0.05, 0.1) is 8.95 Å². The molecule has 5 heteroatoms. The van der Waals surface area contributed by atoms with Crippen molar-refractivity contribution in [2.75, 3.05) is 0 Å². The maximum Gasteiger partial charge on any atom is 0.157 e. The molecule has 1 heterocycles. The van der Waals surface area contributed by atoms with Crippen molar-refractivity contribution in [2.24, 2.45) is 0 Å². The highest BCUT2D eigenvalue weighted by Crippen LogP contribution is 2.43. The molecule has 1 aromatic carbocycles. The third-order valence-electron chi connectivity index (χ3n) is 1.86. The molecule has 2 rings (SSSR count). The van der Waals surface area contributed by atoms with E-state index in [2.05, 4.69) is 52.8 Å². The highest BCUT2D eigenvalue weighted by molar-refractivity contribution is 9.14. The molecule has 0 bridgehead atoms. The molecule has 14 heavy (non-hydrogen) atoms. The number of fused-ring (bicyclic) bond motifs is 1. The zero-order valence-corrected chi connectivity index (χ0v) is 11.5. The van der Waals surface area contributed by atoms with E-state index in [1.807, 2.05) is 12.1 Å². The molecule has 0 unspecified atom stereocenters. The summed E-state index contributed by atoms with van der Waals surface area (Å²) >= 11 is 10.1. The zero-order valence-electron chi connectivity index (χ0n) is 6.76. The highest BCUT2D eigenvalue weighted by atomic mass is 79.9. The van der Waals surface area contributed by atoms with Gasteiger partial charge in [-0.15, -0.1) is 0 Å². The Labute approximate surface area is 106 Å². The maximum atomic E-state index is 9.80. The number of aromatic hydroxyl groups is 1. The number of phenols is 1. The molecule has 2 nitrogen and oxygen atoms in total. The SMILES string of the molecule is Oc1c(Br)c(Br)c(Br)c2cccnc12. The fraction of sp³-hybridized carbons (Fsp3) is 0. The molecule has 2 aromatic rings. The number of benzene rings is 1. The first-order valence-electron chi connectivity index (χ1n) is 3.73. The van der Waals surface area contributed by atoms with E-state index in [9.17, 15) is 5.11 Å². The van der Waals surface area contributed by atoms with E-state index in [4.69, 9.17) is 0 Å². The lowest BCUT2D eigenvalue weighted by atomic mass is 10.2. The summed E-state index contributed by atoms with van der Waals surface area (Å²) in [4.78, 5) is 4.11. The van der Waals surface area contributed by atoms with E-state index >= 15 is 0 Å². The summed E-state index contributed by atoms with van der Waals surface area (Å²) in [5.74, 6) is 0.149.